The van der Waals surface area contributed by atoms with E-state index in [-0.39, 0.29) is 35.9 Å². The second kappa shape index (κ2) is 13.2. The average molecular weight is 585 g/mol. The summed E-state index contributed by atoms with van der Waals surface area (Å²) in [6.07, 6.45) is 8.09. The molecule has 9 heteroatoms. The molecule has 2 aliphatic carbocycles. The topological polar surface area (TPSA) is 96.4 Å². The Morgan fingerprint density at radius 2 is 1.71 bits per heavy atom. The predicted octanol–water partition coefficient (Wildman–Crippen LogP) is 4.41. The van der Waals surface area contributed by atoms with Gasteiger partial charge in [-0.25, -0.2) is 8.42 Å². The van der Waals surface area contributed by atoms with E-state index in [1.807, 2.05) is 30.3 Å². The van der Waals surface area contributed by atoms with Crippen LogP contribution in [0.4, 0.5) is 0 Å². The SMILES string of the molecule is COc1ccc(S(=O)(=O)N(CC2CCCC2)C[C@@H](O)CN2C(=O)C3(CCCCC3)OC[C@@H]2Cc2ccccc2)cc1. The van der Waals surface area contributed by atoms with Crippen LogP contribution in [0.3, 0.4) is 0 Å². The number of aliphatic hydroxyl groups is 1. The molecule has 0 unspecified atom stereocenters. The first-order chi connectivity index (χ1) is 19.8. The van der Waals surface area contributed by atoms with Crippen molar-refractivity contribution < 1.29 is 27.8 Å². The van der Waals surface area contributed by atoms with Crippen LogP contribution < -0.4 is 4.74 Å². The molecule has 0 bridgehead atoms. The highest BCUT2D eigenvalue weighted by Crippen LogP contribution is 2.37. The van der Waals surface area contributed by atoms with Crippen molar-refractivity contribution in [3.63, 3.8) is 0 Å². The molecule has 41 heavy (non-hydrogen) atoms. The first kappa shape index (κ1) is 30.0. The van der Waals surface area contributed by atoms with E-state index in [1.165, 1.54) is 4.31 Å². The second-order valence-corrected chi connectivity index (χ2v) is 13.9. The van der Waals surface area contributed by atoms with E-state index < -0.39 is 21.7 Å². The molecule has 2 aromatic rings. The van der Waals surface area contributed by atoms with E-state index >= 15 is 0 Å². The molecule has 1 amide bonds. The summed E-state index contributed by atoms with van der Waals surface area (Å²) in [5, 5.41) is 11.5. The van der Waals surface area contributed by atoms with Gasteiger partial charge in [0.15, 0.2) is 0 Å². The van der Waals surface area contributed by atoms with Crippen LogP contribution in [0.2, 0.25) is 0 Å². The quantitative estimate of drug-likeness (QED) is 0.420. The van der Waals surface area contributed by atoms with Gasteiger partial charge in [-0.3, -0.25) is 4.79 Å². The Hall–Kier alpha value is -2.46. The fourth-order valence-electron chi connectivity index (χ4n) is 6.77. The van der Waals surface area contributed by atoms with Crippen molar-refractivity contribution in [1.82, 2.24) is 9.21 Å². The van der Waals surface area contributed by atoms with Gasteiger partial charge in [-0.05, 0) is 67.9 Å². The molecule has 1 N–H and O–H groups in total. The van der Waals surface area contributed by atoms with Crippen molar-refractivity contribution in [3.8, 4) is 5.75 Å². The molecule has 1 heterocycles. The number of aliphatic hydroxyl groups excluding tert-OH is 1. The lowest BCUT2D eigenvalue weighted by molar-refractivity contribution is -0.188. The number of carbonyl (C=O) groups is 1. The van der Waals surface area contributed by atoms with E-state index in [4.69, 9.17) is 9.47 Å². The zero-order valence-corrected chi connectivity index (χ0v) is 24.9. The Labute approximate surface area is 244 Å². The van der Waals surface area contributed by atoms with Crippen molar-refractivity contribution in [3.05, 3.63) is 60.2 Å². The standard InChI is InChI=1S/C32H44N2O6S/c1-39-29-14-16-30(17-15-29)41(37,38)33(21-26-12-6-7-13-26)22-28(35)23-34-27(20-25-10-4-2-5-11-25)24-40-32(31(34)36)18-8-3-9-19-32/h2,4-5,10-11,14-17,26-28,35H,3,6-9,12-13,18-24H2,1H3/t27-,28+/m0/s1. The third-order valence-electron chi connectivity index (χ3n) is 9.07. The smallest absolute Gasteiger partial charge is 0.255 e. The first-order valence-corrected chi connectivity index (χ1v) is 16.6. The lowest BCUT2D eigenvalue weighted by atomic mass is 9.81. The highest BCUT2D eigenvalue weighted by Gasteiger charge is 2.49. The monoisotopic (exact) mass is 584 g/mol. The van der Waals surface area contributed by atoms with Gasteiger partial charge in [0.05, 0.1) is 30.8 Å². The molecule has 3 aliphatic rings. The molecule has 224 valence electrons. The highest BCUT2D eigenvalue weighted by molar-refractivity contribution is 7.89. The van der Waals surface area contributed by atoms with Crippen molar-refractivity contribution in [2.45, 2.75) is 86.9 Å². The first-order valence-electron chi connectivity index (χ1n) is 15.1. The third kappa shape index (κ3) is 6.96. The number of amides is 1. The maximum absolute atomic E-state index is 14.0. The van der Waals surface area contributed by atoms with Gasteiger partial charge in [0.25, 0.3) is 5.91 Å². The molecule has 2 aromatic carbocycles. The molecule has 2 atom stereocenters. The maximum Gasteiger partial charge on any atom is 0.255 e. The number of morpholine rings is 1. The van der Waals surface area contributed by atoms with Crippen LogP contribution >= 0.6 is 0 Å². The summed E-state index contributed by atoms with van der Waals surface area (Å²) in [6, 6.07) is 16.2. The molecule has 8 nitrogen and oxygen atoms in total. The van der Waals surface area contributed by atoms with Crippen molar-refractivity contribution in [2.75, 3.05) is 33.4 Å². The minimum atomic E-state index is -3.86. The average Bonchev–Trinajstić information content (AvgIpc) is 3.51. The Balaban J connectivity index is 1.37. The number of nitrogens with zero attached hydrogens (tertiary/aromatic N) is 2. The van der Waals surface area contributed by atoms with Gasteiger partial charge in [-0.15, -0.1) is 0 Å². The molecule has 5 rings (SSSR count). The molecule has 1 spiro atoms. The number of benzene rings is 2. The lowest BCUT2D eigenvalue weighted by Crippen LogP contribution is -2.63. The Morgan fingerprint density at radius 3 is 2.37 bits per heavy atom. The summed E-state index contributed by atoms with van der Waals surface area (Å²) in [5.74, 6) is 0.777. The van der Waals surface area contributed by atoms with Gasteiger partial charge in [-0.1, -0.05) is 62.4 Å². The van der Waals surface area contributed by atoms with Crippen LogP contribution in [0.15, 0.2) is 59.5 Å². The number of methoxy groups -OCH3 is 1. The molecule has 2 saturated carbocycles. The molecule has 0 radical (unpaired) electrons. The van der Waals surface area contributed by atoms with E-state index in [2.05, 4.69) is 0 Å². The van der Waals surface area contributed by atoms with E-state index in [1.54, 1.807) is 36.3 Å². The predicted molar refractivity (Wildman–Crippen MR) is 157 cm³/mol. The summed E-state index contributed by atoms with van der Waals surface area (Å²) in [7, 11) is -2.32. The zero-order valence-electron chi connectivity index (χ0n) is 24.1. The van der Waals surface area contributed by atoms with Crippen LogP contribution in [0.5, 0.6) is 5.75 Å². The summed E-state index contributed by atoms with van der Waals surface area (Å²) in [4.78, 5) is 16.0. The van der Waals surface area contributed by atoms with E-state index in [9.17, 15) is 18.3 Å². The summed E-state index contributed by atoms with van der Waals surface area (Å²) in [6.45, 7) is 0.768. The van der Waals surface area contributed by atoms with Gasteiger partial charge in [-0.2, -0.15) is 4.31 Å². The van der Waals surface area contributed by atoms with Gasteiger partial charge < -0.3 is 19.5 Å². The normalized spacial score (nSPS) is 22.4. The maximum atomic E-state index is 14.0. The minimum absolute atomic E-state index is 0.0659. The molecular weight excluding hydrogens is 540 g/mol. The van der Waals surface area contributed by atoms with Crippen molar-refractivity contribution in [1.29, 1.82) is 0 Å². The number of rotatable bonds is 11. The van der Waals surface area contributed by atoms with Crippen LogP contribution in [-0.4, -0.2) is 79.7 Å². The number of sulfonamides is 1. The van der Waals surface area contributed by atoms with Crippen LogP contribution in [0.25, 0.3) is 0 Å². The Kier molecular flexibility index (Phi) is 9.69. The Morgan fingerprint density at radius 1 is 1.02 bits per heavy atom. The van der Waals surface area contributed by atoms with Crippen LogP contribution in [0, 0.1) is 5.92 Å². The number of ether oxygens (including phenoxy) is 2. The zero-order chi connectivity index (χ0) is 28.9. The summed E-state index contributed by atoms with van der Waals surface area (Å²) in [5.41, 5.74) is 0.266. The van der Waals surface area contributed by atoms with Gasteiger partial charge >= 0.3 is 0 Å². The van der Waals surface area contributed by atoms with Crippen LogP contribution in [-0.2, 0) is 26.0 Å². The fraction of sp³-hybridized carbons (Fsp3) is 0.594. The number of hydrogen-bond donors (Lipinski definition) is 1. The number of carbonyl (C=O) groups excluding carboxylic acids is 1. The lowest BCUT2D eigenvalue weighted by Gasteiger charge is -2.48. The molecule has 3 fully saturated rings. The molecule has 1 saturated heterocycles. The van der Waals surface area contributed by atoms with E-state index in [0.717, 1.165) is 50.5 Å². The van der Waals surface area contributed by atoms with Crippen LogP contribution in [0.1, 0.15) is 63.4 Å². The van der Waals surface area contributed by atoms with Gasteiger partial charge in [0.2, 0.25) is 10.0 Å². The Bertz CT molecular complexity index is 1240. The third-order valence-corrected chi connectivity index (χ3v) is 10.9. The highest BCUT2D eigenvalue weighted by atomic mass is 32.2. The molecule has 1 aliphatic heterocycles. The summed E-state index contributed by atoms with van der Waals surface area (Å²) >= 11 is 0. The fourth-order valence-corrected chi connectivity index (χ4v) is 8.33. The van der Waals surface area contributed by atoms with Crippen molar-refractivity contribution >= 4 is 15.9 Å². The summed E-state index contributed by atoms with van der Waals surface area (Å²) < 4.78 is 40.6. The second-order valence-electron chi connectivity index (χ2n) is 12.0. The molecular formula is C32H44N2O6S. The van der Waals surface area contributed by atoms with Crippen molar-refractivity contribution in [2.24, 2.45) is 5.92 Å². The number of hydrogen-bond acceptors (Lipinski definition) is 6. The number of β-amino-alcohol motifs (C(OH)–C–C–N with tert-alkyl or cyclic N) is 1. The van der Waals surface area contributed by atoms with E-state index in [0.29, 0.717) is 38.2 Å². The molecule has 0 aromatic heterocycles. The van der Waals surface area contributed by atoms with Gasteiger partial charge in [0, 0.05) is 19.6 Å². The minimum Gasteiger partial charge on any atom is -0.497 e. The largest absolute Gasteiger partial charge is 0.497 e. The van der Waals surface area contributed by atoms with Gasteiger partial charge in [0.1, 0.15) is 11.4 Å².